The molecular weight excluding hydrogens is 1030 g/mol. The number of benzene rings is 10. The van der Waals surface area contributed by atoms with Crippen molar-refractivity contribution in [3.63, 3.8) is 0 Å². The molecule has 10 aromatic rings. The molecule has 0 bridgehead atoms. The fourth-order valence-corrected chi connectivity index (χ4v) is 10.6. The van der Waals surface area contributed by atoms with E-state index < -0.39 is 0 Å². The van der Waals surface area contributed by atoms with Crippen molar-refractivity contribution in [3.8, 4) is 44.5 Å². The number of aliphatic imine (C=N–C) groups is 2. The van der Waals surface area contributed by atoms with Crippen LogP contribution in [0, 0.1) is 0 Å². The molecule has 2 aliphatic rings. The van der Waals surface area contributed by atoms with E-state index in [4.69, 9.17) is 21.5 Å². The summed E-state index contributed by atoms with van der Waals surface area (Å²) in [6.07, 6.45) is 1.73. The van der Waals surface area contributed by atoms with Gasteiger partial charge in [-0.05, 0) is 171 Å². The number of carbonyl (C=O) groups is 2. The summed E-state index contributed by atoms with van der Waals surface area (Å²) in [5, 5.41) is 16.9. The van der Waals surface area contributed by atoms with Crippen LogP contribution in [0.25, 0.3) is 87.6 Å². The maximum atomic E-state index is 11.1. The first-order valence-corrected chi connectivity index (χ1v) is 28.4. The Kier molecular flexibility index (Phi) is 17.0. The summed E-state index contributed by atoms with van der Waals surface area (Å²) >= 11 is 0. The van der Waals surface area contributed by atoms with Crippen molar-refractivity contribution in [1.29, 1.82) is 0 Å². The van der Waals surface area contributed by atoms with Crippen LogP contribution >= 0.6 is 0 Å². The molecule has 0 unspecified atom stereocenters. The second-order valence-electron chi connectivity index (χ2n) is 25.3. The molecule has 0 aliphatic carbocycles. The number of hydrogen-bond donors (Lipinski definition) is 4. The number of nitrogens with two attached hydrogens (primary N) is 2. The molecule has 0 saturated heterocycles. The lowest BCUT2D eigenvalue weighted by Crippen LogP contribution is -2.58. The summed E-state index contributed by atoms with van der Waals surface area (Å²) in [7, 11) is 0. The quantitative estimate of drug-likeness (QED) is 0.0840. The van der Waals surface area contributed by atoms with Gasteiger partial charge in [0, 0.05) is 33.3 Å². The summed E-state index contributed by atoms with van der Waals surface area (Å²) in [6, 6.07) is 67.7. The normalized spacial score (nSPS) is 15.4. The molecule has 84 heavy (non-hydrogen) atoms. The van der Waals surface area contributed by atoms with Gasteiger partial charge in [0.25, 0.3) is 0 Å². The maximum Gasteiger partial charge on any atom is 0.150 e. The minimum atomic E-state index is -0.285. The van der Waals surface area contributed by atoms with Crippen LogP contribution in [0.15, 0.2) is 204 Å². The van der Waals surface area contributed by atoms with E-state index in [1.54, 1.807) is 0 Å². The molecule has 2 aliphatic heterocycles. The Labute approximate surface area is 498 Å². The summed E-state index contributed by atoms with van der Waals surface area (Å²) < 4.78 is 0. The monoisotopic (exact) mass is 1110 g/mol. The number of fused-ring (bicyclic) bond motifs is 4. The highest BCUT2D eigenvalue weighted by atomic mass is 16.1. The molecule has 0 amide bonds. The Morgan fingerprint density at radius 1 is 0.333 bits per heavy atom. The van der Waals surface area contributed by atoms with E-state index in [1.165, 1.54) is 43.8 Å². The van der Waals surface area contributed by atoms with Crippen LogP contribution in [0.3, 0.4) is 0 Å². The molecule has 8 nitrogen and oxygen atoms in total. The van der Waals surface area contributed by atoms with Gasteiger partial charge < -0.3 is 22.1 Å². The average Bonchev–Trinajstić information content (AvgIpc) is 1.27. The molecular formula is C76H84N6O2. The number of hydrogen-bond acceptors (Lipinski definition) is 8. The Bertz CT molecular complexity index is 3730. The lowest BCUT2D eigenvalue weighted by molar-refractivity contribution is 0.111. The lowest BCUT2D eigenvalue weighted by Gasteiger charge is -2.34. The van der Waals surface area contributed by atoms with Crippen molar-refractivity contribution in [2.24, 2.45) is 21.5 Å². The van der Waals surface area contributed by atoms with Gasteiger partial charge in [-0.25, -0.2) is 0 Å². The van der Waals surface area contributed by atoms with Gasteiger partial charge in [-0.1, -0.05) is 209 Å². The second-order valence-corrected chi connectivity index (χ2v) is 25.3. The van der Waals surface area contributed by atoms with Crippen LogP contribution in [0.1, 0.15) is 130 Å². The first kappa shape index (κ1) is 61.5. The third-order valence-corrected chi connectivity index (χ3v) is 17.8. The molecule has 2 heterocycles. The van der Waals surface area contributed by atoms with Crippen LogP contribution < -0.4 is 22.1 Å². The molecule has 8 heteroatoms. The second kappa shape index (κ2) is 23.2. The van der Waals surface area contributed by atoms with E-state index in [-0.39, 0.29) is 48.1 Å². The SMILES string of the molecule is C.C.CC(C)(N)C(C)(C)N.CC1(C)N=C(c2ccc(-c3c4ccccc4c(-c4ccc(C5=NC(C)(C)C(C)(C)N5)cc4)c4ccccc34)cc2)NC1(C)C.O=Cc1ccc(-c2c3ccccc3c(-c3ccc(C=O)cc3)c3ccccc23)cc1. The fraction of sp³-hybridized carbons (Fsp3) is 0.263. The van der Waals surface area contributed by atoms with E-state index in [1.807, 2.05) is 76.2 Å². The zero-order valence-electron chi connectivity index (χ0n) is 49.5. The van der Waals surface area contributed by atoms with Crippen LogP contribution in [0.2, 0.25) is 0 Å². The molecule has 6 N–H and O–H groups in total. The van der Waals surface area contributed by atoms with Crippen molar-refractivity contribution in [2.75, 3.05) is 0 Å². The fourth-order valence-electron chi connectivity index (χ4n) is 10.6. The van der Waals surface area contributed by atoms with E-state index in [9.17, 15) is 9.59 Å². The highest BCUT2D eigenvalue weighted by Crippen LogP contribution is 2.46. The van der Waals surface area contributed by atoms with Gasteiger partial charge in [-0.15, -0.1) is 0 Å². The van der Waals surface area contributed by atoms with Gasteiger partial charge in [0.1, 0.15) is 24.2 Å². The van der Waals surface area contributed by atoms with Crippen molar-refractivity contribution < 1.29 is 9.59 Å². The summed E-state index contributed by atoms with van der Waals surface area (Å²) in [5.41, 5.74) is 23.2. The van der Waals surface area contributed by atoms with Crippen molar-refractivity contribution in [1.82, 2.24) is 10.6 Å². The predicted octanol–water partition coefficient (Wildman–Crippen LogP) is 17.8. The number of nitrogens with zero attached hydrogens (tertiary/aromatic N) is 2. The summed E-state index contributed by atoms with van der Waals surface area (Å²) in [5.74, 6) is 1.93. The number of rotatable bonds is 9. The maximum absolute atomic E-state index is 11.1. The zero-order chi connectivity index (χ0) is 58.6. The van der Waals surface area contributed by atoms with Crippen molar-refractivity contribution >= 4 is 67.3 Å². The van der Waals surface area contributed by atoms with E-state index in [2.05, 4.69) is 212 Å². The molecule has 430 valence electrons. The zero-order valence-corrected chi connectivity index (χ0v) is 49.5. The third kappa shape index (κ3) is 11.6. The number of carbonyl (C=O) groups excluding carboxylic acids is 2. The topological polar surface area (TPSA) is 135 Å². The number of amidine groups is 2. The third-order valence-electron chi connectivity index (χ3n) is 17.8. The average molecular weight is 1110 g/mol. The minimum absolute atomic E-state index is 0. The van der Waals surface area contributed by atoms with Gasteiger partial charge in [0.2, 0.25) is 0 Å². The Hall–Kier alpha value is -8.56. The molecule has 0 atom stereocenters. The summed E-state index contributed by atoms with van der Waals surface area (Å²) in [4.78, 5) is 32.3. The standard InChI is InChI=1S/C40H42N4.C28H18O2.C6H16N2.2CH4/c1-37(2)38(3,4)42-35(41-37)27-21-17-25(18-22-27)33-29-13-9-11-15-31(29)34(32-16-12-10-14-30(32)33)26-19-23-28(24-20-26)36-43-39(5,6)40(7,8)44-36;29-17-19-9-13-21(14-10-19)27-23-5-1-2-6-24(23)28(26-8-4-3-7-25(26)27)22-15-11-20(18-30)12-16-22;1-5(2,7)6(3,4)8;;/h9-24H,1-8H3,(H,41,42)(H,43,44);1-18H;7-8H2,1-4H3;2*1H4. The van der Waals surface area contributed by atoms with E-state index in [0.717, 1.165) is 79.2 Å². The highest BCUT2D eigenvalue weighted by molar-refractivity contribution is 6.23. The van der Waals surface area contributed by atoms with Gasteiger partial charge in [-0.2, -0.15) is 0 Å². The van der Waals surface area contributed by atoms with Gasteiger partial charge in [0.05, 0.1) is 22.2 Å². The number of aldehydes is 2. The molecule has 0 aromatic heterocycles. The Morgan fingerprint density at radius 2 is 0.524 bits per heavy atom. The largest absolute Gasteiger partial charge is 0.363 e. The van der Waals surface area contributed by atoms with E-state index >= 15 is 0 Å². The smallest absolute Gasteiger partial charge is 0.150 e. The minimum Gasteiger partial charge on any atom is -0.363 e. The molecule has 10 aromatic carbocycles. The van der Waals surface area contributed by atoms with Crippen LogP contribution in [0.5, 0.6) is 0 Å². The van der Waals surface area contributed by atoms with Gasteiger partial charge in [0.15, 0.2) is 0 Å². The van der Waals surface area contributed by atoms with Gasteiger partial charge >= 0.3 is 0 Å². The predicted molar refractivity (Wildman–Crippen MR) is 361 cm³/mol. The van der Waals surface area contributed by atoms with E-state index in [0.29, 0.717) is 11.1 Å². The van der Waals surface area contributed by atoms with Crippen LogP contribution in [-0.4, -0.2) is 57.5 Å². The molecule has 12 rings (SSSR count). The Balaban J connectivity index is 0.000000199. The number of nitrogens with one attached hydrogen (secondary N) is 2. The molecule has 0 radical (unpaired) electrons. The Morgan fingerprint density at radius 3 is 0.690 bits per heavy atom. The van der Waals surface area contributed by atoms with Crippen LogP contribution in [-0.2, 0) is 0 Å². The molecule has 0 spiro atoms. The van der Waals surface area contributed by atoms with Crippen molar-refractivity contribution in [3.05, 3.63) is 216 Å². The summed E-state index contributed by atoms with van der Waals surface area (Å²) in [6.45, 7) is 25.3. The molecule has 0 saturated carbocycles. The van der Waals surface area contributed by atoms with Crippen LogP contribution in [0.4, 0.5) is 0 Å². The first-order chi connectivity index (χ1) is 38.8. The van der Waals surface area contributed by atoms with Crippen molar-refractivity contribution in [2.45, 2.75) is 131 Å². The lowest BCUT2D eigenvalue weighted by atomic mass is 9.85. The first-order valence-electron chi connectivity index (χ1n) is 28.4. The van der Waals surface area contributed by atoms with Gasteiger partial charge in [-0.3, -0.25) is 19.6 Å². The highest BCUT2D eigenvalue weighted by Gasteiger charge is 2.44. The molecule has 0 fully saturated rings.